The van der Waals surface area contributed by atoms with Crippen molar-refractivity contribution in [2.45, 2.75) is 6.92 Å². The van der Waals surface area contributed by atoms with E-state index in [0.717, 1.165) is 17.7 Å². The van der Waals surface area contributed by atoms with Crippen LogP contribution in [-0.2, 0) is 4.79 Å². The number of carbonyl (C=O) groups is 1. The van der Waals surface area contributed by atoms with E-state index in [9.17, 15) is 4.79 Å². The van der Waals surface area contributed by atoms with Crippen LogP contribution >= 0.6 is 0 Å². The Balaban J connectivity index is 2.67. The Hall–Kier alpha value is -1.51. The van der Waals surface area contributed by atoms with E-state index < -0.39 is 0 Å². The molecule has 0 atom stereocenters. The minimum Gasteiger partial charge on any atom is -0.494 e. The first-order valence-electron chi connectivity index (χ1n) is 4.65. The Morgan fingerprint density at radius 2 is 2.00 bits per heavy atom. The van der Waals surface area contributed by atoms with Gasteiger partial charge in [-0.2, -0.15) is 0 Å². The van der Waals surface area contributed by atoms with Crippen LogP contribution in [0, 0.1) is 0 Å². The van der Waals surface area contributed by atoms with Crippen LogP contribution < -0.4 is 9.64 Å². The zero-order valence-electron chi connectivity index (χ0n) is 8.56. The first-order chi connectivity index (χ1) is 6.77. The monoisotopic (exact) mass is 193 g/mol. The lowest BCUT2D eigenvalue weighted by Gasteiger charge is -2.16. The van der Waals surface area contributed by atoms with Crippen molar-refractivity contribution in [1.82, 2.24) is 0 Å². The van der Waals surface area contributed by atoms with Gasteiger partial charge in [-0.1, -0.05) is 0 Å². The van der Waals surface area contributed by atoms with Gasteiger partial charge in [0.05, 0.1) is 13.2 Å². The lowest BCUT2D eigenvalue weighted by molar-refractivity contribution is -0.106. The first-order valence-corrected chi connectivity index (χ1v) is 4.65. The van der Waals surface area contributed by atoms with Gasteiger partial charge in [0.2, 0.25) is 0 Å². The number of aldehydes is 1. The summed E-state index contributed by atoms with van der Waals surface area (Å²) in [6.45, 7) is 3.03. The van der Waals surface area contributed by atoms with Gasteiger partial charge in [0.15, 0.2) is 0 Å². The molecule has 0 radical (unpaired) electrons. The molecule has 0 saturated heterocycles. The van der Waals surface area contributed by atoms with Crippen LogP contribution in [-0.4, -0.2) is 26.5 Å². The van der Waals surface area contributed by atoms with Crippen molar-refractivity contribution in [1.29, 1.82) is 0 Å². The third-order valence-electron chi connectivity index (χ3n) is 1.94. The van der Waals surface area contributed by atoms with E-state index in [1.165, 1.54) is 0 Å². The van der Waals surface area contributed by atoms with Gasteiger partial charge < -0.3 is 14.4 Å². The molecule has 0 aliphatic carbocycles. The van der Waals surface area contributed by atoms with Gasteiger partial charge in [0, 0.05) is 12.7 Å². The topological polar surface area (TPSA) is 29.5 Å². The van der Waals surface area contributed by atoms with Gasteiger partial charge in [-0.05, 0) is 31.2 Å². The number of carbonyl (C=O) groups excluding carboxylic acids is 1. The van der Waals surface area contributed by atoms with Gasteiger partial charge in [-0.15, -0.1) is 0 Å². The van der Waals surface area contributed by atoms with E-state index >= 15 is 0 Å². The molecule has 1 aromatic rings. The third kappa shape index (κ3) is 2.76. The van der Waals surface area contributed by atoms with Crippen molar-refractivity contribution in [3.63, 3.8) is 0 Å². The number of hydrogen-bond donors (Lipinski definition) is 0. The van der Waals surface area contributed by atoms with Gasteiger partial charge in [0.1, 0.15) is 12.0 Å². The van der Waals surface area contributed by atoms with E-state index in [-0.39, 0.29) is 0 Å². The summed E-state index contributed by atoms with van der Waals surface area (Å²) in [6.07, 6.45) is 0.885. The predicted molar refractivity (Wildman–Crippen MR) is 56.9 cm³/mol. The Labute approximate surface area is 84.3 Å². The van der Waals surface area contributed by atoms with Crippen molar-refractivity contribution in [3.8, 4) is 5.75 Å². The molecule has 3 nitrogen and oxygen atoms in total. The van der Waals surface area contributed by atoms with Gasteiger partial charge in [-0.25, -0.2) is 0 Å². The SMILES string of the molecule is CCOc1ccc(N(C)CC=O)cc1. The maximum Gasteiger partial charge on any atom is 0.139 e. The fraction of sp³-hybridized carbons (Fsp3) is 0.364. The van der Waals surface area contributed by atoms with E-state index in [0.29, 0.717) is 13.2 Å². The van der Waals surface area contributed by atoms with Crippen LogP contribution in [0.3, 0.4) is 0 Å². The minimum atomic E-state index is 0.411. The summed E-state index contributed by atoms with van der Waals surface area (Å²) in [5.41, 5.74) is 1.01. The van der Waals surface area contributed by atoms with Crippen molar-refractivity contribution in [3.05, 3.63) is 24.3 Å². The Morgan fingerprint density at radius 3 is 2.50 bits per heavy atom. The minimum absolute atomic E-state index is 0.411. The quantitative estimate of drug-likeness (QED) is 0.667. The lowest BCUT2D eigenvalue weighted by Crippen LogP contribution is -2.18. The molecule has 14 heavy (non-hydrogen) atoms. The highest BCUT2D eigenvalue weighted by Crippen LogP contribution is 2.17. The molecule has 3 heteroatoms. The molecule has 0 N–H and O–H groups in total. The predicted octanol–water partition coefficient (Wildman–Crippen LogP) is 1.72. The number of benzene rings is 1. The number of anilines is 1. The molecule has 76 valence electrons. The fourth-order valence-corrected chi connectivity index (χ4v) is 1.18. The summed E-state index contributed by atoms with van der Waals surface area (Å²) >= 11 is 0. The first kappa shape index (κ1) is 10.6. The van der Waals surface area contributed by atoms with Crippen LogP contribution in [0.25, 0.3) is 0 Å². The summed E-state index contributed by atoms with van der Waals surface area (Å²) in [4.78, 5) is 12.2. The number of likely N-dealkylation sites (N-methyl/N-ethyl adjacent to an activating group) is 1. The lowest BCUT2D eigenvalue weighted by atomic mass is 10.3. The largest absolute Gasteiger partial charge is 0.494 e. The Bertz CT molecular complexity index is 282. The molecular formula is C11H15NO2. The second-order valence-corrected chi connectivity index (χ2v) is 2.97. The van der Waals surface area contributed by atoms with E-state index in [1.807, 2.05) is 43.1 Å². The second-order valence-electron chi connectivity index (χ2n) is 2.97. The van der Waals surface area contributed by atoms with Crippen molar-refractivity contribution in [2.24, 2.45) is 0 Å². The average Bonchev–Trinajstić information content (AvgIpc) is 2.20. The molecule has 0 unspecified atom stereocenters. The Kier molecular flexibility index (Phi) is 3.98. The molecule has 0 aromatic heterocycles. The third-order valence-corrected chi connectivity index (χ3v) is 1.94. The molecule has 0 heterocycles. The van der Waals surface area contributed by atoms with Crippen LogP contribution in [0.1, 0.15) is 6.92 Å². The van der Waals surface area contributed by atoms with Gasteiger partial charge >= 0.3 is 0 Å². The van der Waals surface area contributed by atoms with Crippen LogP contribution in [0.15, 0.2) is 24.3 Å². The smallest absolute Gasteiger partial charge is 0.139 e. The number of nitrogens with zero attached hydrogens (tertiary/aromatic N) is 1. The molecule has 0 aliphatic rings. The molecule has 0 spiro atoms. The number of hydrogen-bond acceptors (Lipinski definition) is 3. The maximum absolute atomic E-state index is 10.3. The van der Waals surface area contributed by atoms with Gasteiger partial charge in [0.25, 0.3) is 0 Å². The molecule has 0 amide bonds. The van der Waals surface area contributed by atoms with E-state index in [1.54, 1.807) is 0 Å². The zero-order valence-corrected chi connectivity index (χ0v) is 8.56. The highest BCUT2D eigenvalue weighted by Gasteiger charge is 1.99. The zero-order chi connectivity index (χ0) is 10.4. The molecule has 1 aromatic carbocycles. The van der Waals surface area contributed by atoms with Crippen molar-refractivity contribution >= 4 is 12.0 Å². The average molecular weight is 193 g/mol. The standard InChI is InChI=1S/C11H15NO2/c1-3-14-11-6-4-10(5-7-11)12(2)8-9-13/h4-7,9H,3,8H2,1-2H3. The maximum atomic E-state index is 10.3. The highest BCUT2D eigenvalue weighted by atomic mass is 16.5. The normalized spacial score (nSPS) is 9.57. The summed E-state index contributed by atoms with van der Waals surface area (Å²) in [5.74, 6) is 0.857. The summed E-state index contributed by atoms with van der Waals surface area (Å²) in [6, 6.07) is 7.68. The Morgan fingerprint density at radius 1 is 1.36 bits per heavy atom. The van der Waals surface area contributed by atoms with Crippen LogP contribution in [0.2, 0.25) is 0 Å². The van der Waals surface area contributed by atoms with Crippen molar-refractivity contribution < 1.29 is 9.53 Å². The number of ether oxygens (including phenoxy) is 1. The molecule has 0 aliphatic heterocycles. The van der Waals surface area contributed by atoms with E-state index in [4.69, 9.17) is 4.74 Å². The molecule has 0 saturated carbocycles. The summed E-state index contributed by atoms with van der Waals surface area (Å²) in [7, 11) is 1.88. The van der Waals surface area contributed by atoms with Crippen molar-refractivity contribution in [2.75, 3.05) is 25.1 Å². The summed E-state index contributed by atoms with van der Waals surface area (Å²) < 4.78 is 5.31. The van der Waals surface area contributed by atoms with Gasteiger partial charge in [-0.3, -0.25) is 0 Å². The highest BCUT2D eigenvalue weighted by molar-refractivity contribution is 5.61. The van der Waals surface area contributed by atoms with Crippen LogP contribution in [0.4, 0.5) is 5.69 Å². The molecule has 0 fully saturated rings. The number of rotatable bonds is 5. The molecule has 0 bridgehead atoms. The molecule has 1 rings (SSSR count). The van der Waals surface area contributed by atoms with E-state index in [2.05, 4.69) is 0 Å². The fourth-order valence-electron chi connectivity index (χ4n) is 1.18. The molecular weight excluding hydrogens is 178 g/mol. The summed E-state index contributed by atoms with van der Waals surface area (Å²) in [5, 5.41) is 0. The second kappa shape index (κ2) is 5.27. The van der Waals surface area contributed by atoms with Crippen LogP contribution in [0.5, 0.6) is 5.75 Å².